The molecule has 0 saturated heterocycles. The monoisotopic (exact) mass is 212 g/mol. The Hall–Kier alpha value is -0.570. The van der Waals surface area contributed by atoms with Gasteiger partial charge in [-0.1, -0.05) is 25.7 Å². The van der Waals surface area contributed by atoms with E-state index in [1.54, 1.807) is 7.05 Å². The van der Waals surface area contributed by atoms with E-state index in [1.165, 1.54) is 38.5 Å². The lowest BCUT2D eigenvalue weighted by molar-refractivity contribution is -0.121. The van der Waals surface area contributed by atoms with Gasteiger partial charge in [0.25, 0.3) is 0 Å². The zero-order chi connectivity index (χ0) is 11.1. The molecule has 0 aliphatic heterocycles. The Morgan fingerprint density at radius 2 is 1.87 bits per heavy atom. The molecule has 15 heavy (non-hydrogen) atoms. The molecule has 3 heteroatoms. The van der Waals surface area contributed by atoms with E-state index in [-0.39, 0.29) is 5.91 Å². The van der Waals surface area contributed by atoms with Crippen molar-refractivity contribution in [3.63, 3.8) is 0 Å². The Morgan fingerprint density at radius 1 is 1.27 bits per heavy atom. The summed E-state index contributed by atoms with van der Waals surface area (Å²) in [4.78, 5) is 11.4. The first-order chi connectivity index (χ1) is 7.24. The van der Waals surface area contributed by atoms with Crippen molar-refractivity contribution in [1.82, 2.24) is 10.6 Å². The molecule has 1 atom stereocenters. The van der Waals surface area contributed by atoms with Crippen LogP contribution in [0.5, 0.6) is 0 Å². The summed E-state index contributed by atoms with van der Waals surface area (Å²) in [6.07, 6.45) is 7.96. The second-order valence-corrected chi connectivity index (χ2v) is 4.64. The van der Waals surface area contributed by atoms with Crippen LogP contribution in [-0.4, -0.2) is 25.5 Å². The van der Waals surface area contributed by atoms with E-state index in [2.05, 4.69) is 17.6 Å². The van der Waals surface area contributed by atoms with Crippen molar-refractivity contribution in [1.29, 1.82) is 0 Å². The third-order valence-electron chi connectivity index (χ3n) is 3.33. The van der Waals surface area contributed by atoms with Crippen molar-refractivity contribution in [3.05, 3.63) is 0 Å². The summed E-state index contributed by atoms with van der Waals surface area (Å²) in [5.41, 5.74) is 0. The van der Waals surface area contributed by atoms with Crippen LogP contribution in [0.4, 0.5) is 0 Å². The predicted molar refractivity (Wildman–Crippen MR) is 62.7 cm³/mol. The van der Waals surface area contributed by atoms with Crippen molar-refractivity contribution >= 4 is 5.91 Å². The highest BCUT2D eigenvalue weighted by atomic mass is 16.1. The Labute approximate surface area is 93.0 Å². The summed E-state index contributed by atoms with van der Waals surface area (Å²) < 4.78 is 0. The second-order valence-electron chi connectivity index (χ2n) is 4.64. The zero-order valence-electron chi connectivity index (χ0n) is 10.0. The summed E-state index contributed by atoms with van der Waals surface area (Å²) in [5.74, 6) is 0.808. The standard InChI is InChI=1S/C12H24N2O/c1-10(14-12(15)9-13-2)11-7-5-3-4-6-8-11/h10-11,13H,3-9H2,1-2H3,(H,14,15)/t10-/m0/s1. The smallest absolute Gasteiger partial charge is 0.234 e. The van der Waals surface area contributed by atoms with Gasteiger partial charge in [-0.15, -0.1) is 0 Å². The van der Waals surface area contributed by atoms with Crippen molar-refractivity contribution in [2.24, 2.45) is 5.92 Å². The van der Waals surface area contributed by atoms with Crippen molar-refractivity contribution in [2.75, 3.05) is 13.6 Å². The van der Waals surface area contributed by atoms with Gasteiger partial charge in [0, 0.05) is 6.04 Å². The van der Waals surface area contributed by atoms with Crippen molar-refractivity contribution in [3.8, 4) is 0 Å². The van der Waals surface area contributed by atoms with Crippen LogP contribution >= 0.6 is 0 Å². The molecule has 1 aliphatic rings. The van der Waals surface area contributed by atoms with E-state index in [4.69, 9.17) is 0 Å². The van der Waals surface area contributed by atoms with Crippen LogP contribution in [0, 0.1) is 5.92 Å². The lowest BCUT2D eigenvalue weighted by Gasteiger charge is -2.23. The maximum atomic E-state index is 11.4. The second kappa shape index (κ2) is 6.83. The van der Waals surface area contributed by atoms with E-state index < -0.39 is 0 Å². The van der Waals surface area contributed by atoms with Crippen LogP contribution in [-0.2, 0) is 4.79 Å². The summed E-state index contributed by atoms with van der Waals surface area (Å²) in [7, 11) is 1.80. The Kier molecular flexibility index (Phi) is 5.69. The number of hydrogen-bond donors (Lipinski definition) is 2. The molecule has 0 radical (unpaired) electrons. The average Bonchev–Trinajstić information content (AvgIpc) is 2.45. The number of carbonyl (C=O) groups excluding carboxylic acids is 1. The largest absolute Gasteiger partial charge is 0.352 e. The molecule has 0 unspecified atom stereocenters. The van der Waals surface area contributed by atoms with Crippen LogP contribution < -0.4 is 10.6 Å². The van der Waals surface area contributed by atoms with Crippen molar-refractivity contribution < 1.29 is 4.79 Å². The molecule has 0 aromatic rings. The molecule has 1 saturated carbocycles. The zero-order valence-corrected chi connectivity index (χ0v) is 10.0. The normalized spacial score (nSPS) is 20.7. The number of hydrogen-bond acceptors (Lipinski definition) is 2. The highest BCUT2D eigenvalue weighted by Crippen LogP contribution is 2.25. The van der Waals surface area contributed by atoms with Crippen LogP contribution in [0.15, 0.2) is 0 Å². The first kappa shape index (κ1) is 12.5. The highest BCUT2D eigenvalue weighted by molar-refractivity contribution is 5.78. The predicted octanol–water partition coefficient (Wildman–Crippen LogP) is 1.68. The molecule has 1 rings (SSSR count). The molecule has 1 aliphatic carbocycles. The minimum atomic E-state index is 0.120. The van der Waals surface area contributed by atoms with Gasteiger partial charge in [-0.2, -0.15) is 0 Å². The van der Waals surface area contributed by atoms with Crippen LogP contribution in [0.25, 0.3) is 0 Å². The fourth-order valence-electron chi connectivity index (χ4n) is 2.39. The number of amides is 1. The summed E-state index contributed by atoms with van der Waals surface area (Å²) in [6.45, 7) is 2.57. The fourth-order valence-corrected chi connectivity index (χ4v) is 2.39. The minimum Gasteiger partial charge on any atom is -0.352 e. The van der Waals surface area contributed by atoms with E-state index in [9.17, 15) is 4.79 Å². The van der Waals surface area contributed by atoms with Gasteiger partial charge >= 0.3 is 0 Å². The minimum absolute atomic E-state index is 0.120. The third-order valence-corrected chi connectivity index (χ3v) is 3.33. The Morgan fingerprint density at radius 3 is 2.40 bits per heavy atom. The Balaban J connectivity index is 2.30. The Bertz CT molecular complexity index is 186. The summed E-state index contributed by atoms with van der Waals surface area (Å²) >= 11 is 0. The first-order valence-corrected chi connectivity index (χ1v) is 6.18. The SMILES string of the molecule is CNCC(=O)N[C@@H](C)C1CCCCCC1. The molecule has 2 N–H and O–H groups in total. The van der Waals surface area contributed by atoms with Crippen molar-refractivity contribution in [2.45, 2.75) is 51.5 Å². The molecule has 1 amide bonds. The molecule has 0 aromatic heterocycles. The molecule has 88 valence electrons. The number of carbonyl (C=O) groups is 1. The number of nitrogens with one attached hydrogen (secondary N) is 2. The van der Waals surface area contributed by atoms with Gasteiger partial charge in [0.05, 0.1) is 6.54 Å². The number of rotatable bonds is 4. The molecule has 0 aromatic carbocycles. The molecule has 0 spiro atoms. The van der Waals surface area contributed by atoms with Gasteiger partial charge in [-0.05, 0) is 32.7 Å². The van der Waals surface area contributed by atoms with Crippen LogP contribution in [0.3, 0.4) is 0 Å². The van der Waals surface area contributed by atoms with Gasteiger partial charge < -0.3 is 10.6 Å². The topological polar surface area (TPSA) is 41.1 Å². The maximum Gasteiger partial charge on any atom is 0.234 e. The highest BCUT2D eigenvalue weighted by Gasteiger charge is 2.19. The molecule has 0 heterocycles. The van der Waals surface area contributed by atoms with Crippen LogP contribution in [0.2, 0.25) is 0 Å². The maximum absolute atomic E-state index is 11.4. The van der Waals surface area contributed by atoms with Crippen LogP contribution in [0.1, 0.15) is 45.4 Å². The van der Waals surface area contributed by atoms with Gasteiger partial charge in [0.1, 0.15) is 0 Å². The lowest BCUT2D eigenvalue weighted by Crippen LogP contribution is -2.41. The number of likely N-dealkylation sites (N-methyl/N-ethyl adjacent to an activating group) is 1. The average molecular weight is 212 g/mol. The summed E-state index contributed by atoms with van der Waals surface area (Å²) in [5, 5.41) is 5.95. The van der Waals surface area contributed by atoms with E-state index >= 15 is 0 Å². The lowest BCUT2D eigenvalue weighted by atomic mass is 9.93. The molecular weight excluding hydrogens is 188 g/mol. The summed E-state index contributed by atoms with van der Waals surface area (Å²) in [6, 6.07) is 0.337. The fraction of sp³-hybridized carbons (Fsp3) is 0.917. The van der Waals surface area contributed by atoms with E-state index in [0.29, 0.717) is 18.5 Å². The van der Waals surface area contributed by atoms with E-state index in [0.717, 1.165) is 0 Å². The molecular formula is C12H24N2O. The van der Waals surface area contributed by atoms with Gasteiger partial charge in [0.15, 0.2) is 0 Å². The van der Waals surface area contributed by atoms with Gasteiger partial charge in [-0.25, -0.2) is 0 Å². The molecule has 3 nitrogen and oxygen atoms in total. The third kappa shape index (κ3) is 4.65. The quantitative estimate of drug-likeness (QED) is 0.696. The van der Waals surface area contributed by atoms with Gasteiger partial charge in [-0.3, -0.25) is 4.79 Å². The molecule has 0 bridgehead atoms. The van der Waals surface area contributed by atoms with Gasteiger partial charge in [0.2, 0.25) is 5.91 Å². The first-order valence-electron chi connectivity index (χ1n) is 6.18. The van der Waals surface area contributed by atoms with E-state index in [1.807, 2.05) is 0 Å². The molecule has 1 fully saturated rings.